The standard InChI is InChI=1S/C20H39Cl2NO/c1-4-5-6-7-9-12-15-18(21)19(22)16-13-10-8-11-14-17-20(24)23(2)3/h18-19H,4-17H2,1-3H3. The molecule has 0 aromatic rings. The summed E-state index contributed by atoms with van der Waals surface area (Å²) in [7, 11) is 3.63. The molecule has 0 aliphatic heterocycles. The first-order valence-corrected chi connectivity index (χ1v) is 10.8. The van der Waals surface area contributed by atoms with Crippen LogP contribution in [0, 0.1) is 0 Å². The topological polar surface area (TPSA) is 20.3 Å². The summed E-state index contributed by atoms with van der Waals surface area (Å²) in [6.45, 7) is 2.25. The van der Waals surface area contributed by atoms with Crippen molar-refractivity contribution >= 4 is 29.1 Å². The Labute approximate surface area is 160 Å². The average Bonchev–Trinajstić information content (AvgIpc) is 2.56. The third-order valence-electron chi connectivity index (χ3n) is 4.60. The number of rotatable bonds is 16. The summed E-state index contributed by atoms with van der Waals surface area (Å²) in [6, 6.07) is 0. The van der Waals surface area contributed by atoms with Gasteiger partial charge in [0.25, 0.3) is 0 Å². The van der Waals surface area contributed by atoms with Crippen LogP contribution in [0.15, 0.2) is 0 Å². The predicted octanol–water partition coefficient (Wildman–Crippen LogP) is 6.77. The molecule has 0 spiro atoms. The molecule has 0 aliphatic carbocycles. The van der Waals surface area contributed by atoms with Crippen LogP contribution in [0.2, 0.25) is 0 Å². The molecule has 0 N–H and O–H groups in total. The molecule has 0 saturated heterocycles. The second-order valence-electron chi connectivity index (χ2n) is 7.18. The van der Waals surface area contributed by atoms with E-state index in [0.29, 0.717) is 6.42 Å². The largest absolute Gasteiger partial charge is 0.349 e. The van der Waals surface area contributed by atoms with Crippen LogP contribution in [0.25, 0.3) is 0 Å². The number of hydrogen-bond acceptors (Lipinski definition) is 1. The van der Waals surface area contributed by atoms with Crippen LogP contribution in [0.4, 0.5) is 0 Å². The second-order valence-corrected chi connectivity index (χ2v) is 8.30. The maximum Gasteiger partial charge on any atom is 0.222 e. The van der Waals surface area contributed by atoms with Crippen molar-refractivity contribution in [1.82, 2.24) is 4.90 Å². The quantitative estimate of drug-likeness (QED) is 0.214. The van der Waals surface area contributed by atoms with E-state index in [1.165, 1.54) is 51.4 Å². The lowest BCUT2D eigenvalue weighted by Crippen LogP contribution is -2.20. The fourth-order valence-corrected chi connectivity index (χ4v) is 3.41. The molecule has 4 heteroatoms. The van der Waals surface area contributed by atoms with Crippen LogP contribution >= 0.6 is 23.2 Å². The molecule has 0 radical (unpaired) electrons. The number of halogens is 2. The predicted molar refractivity (Wildman–Crippen MR) is 108 cm³/mol. The minimum absolute atomic E-state index is 0.109. The molecule has 0 rings (SSSR count). The van der Waals surface area contributed by atoms with Crippen molar-refractivity contribution < 1.29 is 4.79 Å². The molecule has 0 heterocycles. The maximum atomic E-state index is 11.4. The van der Waals surface area contributed by atoms with Crippen molar-refractivity contribution in [2.24, 2.45) is 0 Å². The van der Waals surface area contributed by atoms with Gasteiger partial charge in [-0.3, -0.25) is 4.79 Å². The summed E-state index contributed by atoms with van der Waals surface area (Å²) in [6.07, 6.45) is 16.2. The molecule has 144 valence electrons. The van der Waals surface area contributed by atoms with Crippen LogP contribution in [0.1, 0.15) is 96.8 Å². The maximum absolute atomic E-state index is 11.4. The van der Waals surface area contributed by atoms with Gasteiger partial charge in [0.15, 0.2) is 0 Å². The van der Waals surface area contributed by atoms with Gasteiger partial charge in [0.1, 0.15) is 0 Å². The molecule has 24 heavy (non-hydrogen) atoms. The third kappa shape index (κ3) is 14.4. The Morgan fingerprint density at radius 2 is 1.17 bits per heavy atom. The summed E-state index contributed by atoms with van der Waals surface area (Å²) in [5, 5.41) is 0.230. The van der Waals surface area contributed by atoms with Gasteiger partial charge >= 0.3 is 0 Å². The molecule has 0 aromatic heterocycles. The zero-order valence-electron chi connectivity index (χ0n) is 16.2. The van der Waals surface area contributed by atoms with Crippen LogP contribution in [-0.2, 0) is 4.79 Å². The summed E-state index contributed by atoms with van der Waals surface area (Å²) in [4.78, 5) is 13.1. The van der Waals surface area contributed by atoms with Gasteiger partial charge in [-0.25, -0.2) is 0 Å². The third-order valence-corrected chi connectivity index (χ3v) is 5.77. The lowest BCUT2D eigenvalue weighted by Gasteiger charge is -2.16. The molecule has 2 atom stereocenters. The van der Waals surface area contributed by atoms with Gasteiger partial charge in [0, 0.05) is 31.3 Å². The van der Waals surface area contributed by atoms with Gasteiger partial charge in [-0.2, -0.15) is 0 Å². The van der Waals surface area contributed by atoms with E-state index < -0.39 is 0 Å². The molecule has 2 unspecified atom stereocenters. The van der Waals surface area contributed by atoms with Crippen molar-refractivity contribution in [2.75, 3.05) is 14.1 Å². The van der Waals surface area contributed by atoms with Crippen molar-refractivity contribution in [3.8, 4) is 0 Å². The van der Waals surface area contributed by atoms with E-state index in [4.69, 9.17) is 23.2 Å². The molecule has 1 amide bonds. The van der Waals surface area contributed by atoms with Gasteiger partial charge in [0.05, 0.1) is 0 Å². The van der Waals surface area contributed by atoms with Gasteiger partial charge < -0.3 is 4.90 Å². The molecular weight excluding hydrogens is 341 g/mol. The van der Waals surface area contributed by atoms with E-state index in [0.717, 1.165) is 32.1 Å². The number of alkyl halides is 2. The number of carbonyl (C=O) groups excluding carboxylic acids is 1. The fraction of sp³-hybridized carbons (Fsp3) is 0.950. The van der Waals surface area contributed by atoms with Crippen molar-refractivity contribution in [3.63, 3.8) is 0 Å². The van der Waals surface area contributed by atoms with Gasteiger partial charge in [0.2, 0.25) is 5.91 Å². The second kappa shape index (κ2) is 16.5. The molecular formula is C20H39Cl2NO. The fourth-order valence-electron chi connectivity index (χ4n) is 2.85. The smallest absolute Gasteiger partial charge is 0.222 e. The summed E-state index contributed by atoms with van der Waals surface area (Å²) >= 11 is 12.9. The van der Waals surface area contributed by atoms with Crippen LogP contribution in [-0.4, -0.2) is 35.7 Å². The highest BCUT2D eigenvalue weighted by Gasteiger charge is 2.15. The lowest BCUT2D eigenvalue weighted by atomic mass is 10.0. The summed E-state index contributed by atoms with van der Waals surface area (Å²) < 4.78 is 0. The number of amides is 1. The lowest BCUT2D eigenvalue weighted by molar-refractivity contribution is -0.128. The Morgan fingerprint density at radius 3 is 1.62 bits per heavy atom. The first kappa shape index (κ1) is 24.1. The number of unbranched alkanes of at least 4 members (excludes halogenated alkanes) is 9. The first-order chi connectivity index (χ1) is 11.5. The molecule has 2 nitrogen and oxygen atoms in total. The van der Waals surface area contributed by atoms with Crippen molar-refractivity contribution in [2.45, 2.75) is 108 Å². The average molecular weight is 380 g/mol. The van der Waals surface area contributed by atoms with Gasteiger partial charge in [-0.1, -0.05) is 71.1 Å². The van der Waals surface area contributed by atoms with Crippen LogP contribution < -0.4 is 0 Å². The Morgan fingerprint density at radius 1 is 0.750 bits per heavy atom. The van der Waals surface area contributed by atoms with E-state index in [1.807, 2.05) is 14.1 Å². The highest BCUT2D eigenvalue weighted by molar-refractivity contribution is 6.29. The highest BCUT2D eigenvalue weighted by atomic mass is 35.5. The van der Waals surface area contributed by atoms with E-state index in [2.05, 4.69) is 6.92 Å². The Kier molecular flexibility index (Phi) is 16.5. The zero-order chi connectivity index (χ0) is 18.2. The zero-order valence-corrected chi connectivity index (χ0v) is 17.7. The summed E-state index contributed by atoms with van der Waals surface area (Å²) in [5.41, 5.74) is 0. The van der Waals surface area contributed by atoms with E-state index in [9.17, 15) is 4.79 Å². The number of carbonyl (C=O) groups is 1. The van der Waals surface area contributed by atoms with Gasteiger partial charge in [-0.15, -0.1) is 23.2 Å². The Balaban J connectivity index is 3.44. The van der Waals surface area contributed by atoms with Crippen molar-refractivity contribution in [1.29, 1.82) is 0 Å². The van der Waals surface area contributed by atoms with Crippen molar-refractivity contribution in [3.05, 3.63) is 0 Å². The number of nitrogens with zero attached hydrogens (tertiary/aromatic N) is 1. The Bertz CT molecular complexity index is 297. The number of hydrogen-bond donors (Lipinski definition) is 0. The molecule has 0 bridgehead atoms. The normalized spacial score (nSPS) is 13.7. The minimum atomic E-state index is 0.109. The van der Waals surface area contributed by atoms with Crippen LogP contribution in [0.3, 0.4) is 0 Å². The summed E-state index contributed by atoms with van der Waals surface area (Å²) in [5.74, 6) is 0.232. The highest BCUT2D eigenvalue weighted by Crippen LogP contribution is 2.23. The van der Waals surface area contributed by atoms with E-state index in [-0.39, 0.29) is 16.7 Å². The van der Waals surface area contributed by atoms with E-state index in [1.54, 1.807) is 4.90 Å². The minimum Gasteiger partial charge on any atom is -0.349 e. The van der Waals surface area contributed by atoms with Gasteiger partial charge in [-0.05, 0) is 19.3 Å². The molecule has 0 aliphatic rings. The molecule has 0 saturated carbocycles. The van der Waals surface area contributed by atoms with E-state index >= 15 is 0 Å². The monoisotopic (exact) mass is 379 g/mol. The first-order valence-electron chi connectivity index (χ1n) is 9.97. The Hall–Kier alpha value is 0.0500. The van der Waals surface area contributed by atoms with Crippen LogP contribution in [0.5, 0.6) is 0 Å². The SMILES string of the molecule is CCCCCCCCC(Cl)C(Cl)CCCCCCCC(=O)N(C)C. The molecule has 0 fully saturated rings. The molecule has 0 aromatic carbocycles.